The van der Waals surface area contributed by atoms with E-state index in [1.54, 1.807) is 18.2 Å². The van der Waals surface area contributed by atoms with E-state index in [0.717, 1.165) is 24.4 Å². The minimum absolute atomic E-state index is 0.253. The topological polar surface area (TPSA) is 68.0 Å². The van der Waals surface area contributed by atoms with Crippen LogP contribution < -0.4 is 0 Å². The molecule has 0 unspecified atom stereocenters. The molecule has 1 aromatic carbocycles. The Morgan fingerprint density at radius 3 is 2.71 bits per heavy atom. The summed E-state index contributed by atoms with van der Waals surface area (Å²) in [4.78, 5) is 10.9. The molecule has 0 bridgehead atoms. The number of carboxylic acids is 1. The lowest BCUT2D eigenvalue weighted by Crippen LogP contribution is -2.01. The van der Waals surface area contributed by atoms with E-state index in [4.69, 9.17) is 5.11 Å². The predicted octanol–water partition coefficient (Wildman–Crippen LogP) is 3.74. The summed E-state index contributed by atoms with van der Waals surface area (Å²) in [7, 11) is 0. The highest BCUT2D eigenvalue weighted by Gasteiger charge is 2.08. The average Bonchev–Trinajstić information content (AvgIpc) is 2.84. The van der Waals surface area contributed by atoms with Crippen molar-refractivity contribution < 1.29 is 9.90 Å². The van der Waals surface area contributed by atoms with Crippen LogP contribution in [-0.2, 0) is 6.54 Å². The van der Waals surface area contributed by atoms with Crippen LogP contribution in [0.3, 0.4) is 0 Å². The van der Waals surface area contributed by atoms with Crippen molar-refractivity contribution in [1.82, 2.24) is 15.0 Å². The third-order valence-corrected chi connectivity index (χ3v) is 3.66. The molecule has 0 atom stereocenters. The molecule has 0 aliphatic rings. The van der Waals surface area contributed by atoms with E-state index in [1.807, 2.05) is 4.68 Å². The van der Waals surface area contributed by atoms with E-state index in [9.17, 15) is 4.79 Å². The number of hydrogen-bond acceptors (Lipinski definition) is 3. The summed E-state index contributed by atoms with van der Waals surface area (Å²) < 4.78 is 1.86. The molecule has 0 amide bonds. The van der Waals surface area contributed by atoms with E-state index in [-0.39, 0.29) is 5.56 Å². The molecule has 0 aliphatic carbocycles. The van der Waals surface area contributed by atoms with Crippen LogP contribution in [0.4, 0.5) is 0 Å². The molecule has 0 radical (unpaired) electrons. The summed E-state index contributed by atoms with van der Waals surface area (Å²) in [5, 5.41) is 17.1. The molecule has 1 N–H and O–H groups in total. The molecule has 0 saturated heterocycles. The van der Waals surface area contributed by atoms with Crippen molar-refractivity contribution in [3.05, 3.63) is 23.8 Å². The first-order chi connectivity index (χ1) is 10.1. The number of benzene rings is 1. The van der Waals surface area contributed by atoms with Gasteiger partial charge in [0.05, 0.1) is 11.1 Å². The summed E-state index contributed by atoms with van der Waals surface area (Å²) in [5.41, 5.74) is 1.81. The van der Waals surface area contributed by atoms with Crippen LogP contribution in [0.2, 0.25) is 0 Å². The highest BCUT2D eigenvalue weighted by atomic mass is 16.4. The molecule has 0 spiro atoms. The predicted molar refractivity (Wildman–Crippen MR) is 82.4 cm³/mol. The molecule has 1 heterocycles. The maximum atomic E-state index is 10.9. The Hall–Kier alpha value is -1.91. The molecule has 5 nitrogen and oxygen atoms in total. The Morgan fingerprint density at radius 2 is 2.00 bits per heavy atom. The highest BCUT2D eigenvalue weighted by molar-refractivity contribution is 5.92. The summed E-state index contributed by atoms with van der Waals surface area (Å²) in [5.74, 6) is -0.149. The van der Waals surface area contributed by atoms with Crippen molar-refractivity contribution in [1.29, 1.82) is 0 Å². The fraction of sp³-hybridized carbons (Fsp3) is 0.562. The second-order valence-corrected chi connectivity index (χ2v) is 5.92. The number of rotatable bonds is 8. The highest BCUT2D eigenvalue weighted by Crippen LogP contribution is 2.15. The van der Waals surface area contributed by atoms with E-state index in [0.29, 0.717) is 5.52 Å². The van der Waals surface area contributed by atoms with E-state index in [2.05, 4.69) is 24.2 Å². The second-order valence-electron chi connectivity index (χ2n) is 5.92. The van der Waals surface area contributed by atoms with Crippen LogP contribution in [0.25, 0.3) is 11.0 Å². The van der Waals surface area contributed by atoms with Crippen LogP contribution in [0.15, 0.2) is 18.2 Å². The molecule has 0 saturated carbocycles. The minimum atomic E-state index is -0.934. The summed E-state index contributed by atoms with van der Waals surface area (Å²) in [6.45, 7) is 5.35. The zero-order chi connectivity index (χ0) is 15.2. The lowest BCUT2D eigenvalue weighted by Gasteiger charge is -2.05. The number of aromatic nitrogens is 3. The van der Waals surface area contributed by atoms with Crippen molar-refractivity contribution in [3.63, 3.8) is 0 Å². The van der Waals surface area contributed by atoms with Crippen molar-refractivity contribution in [2.24, 2.45) is 5.92 Å². The first-order valence-electron chi connectivity index (χ1n) is 7.64. The van der Waals surface area contributed by atoms with Gasteiger partial charge in [0, 0.05) is 6.54 Å². The maximum absolute atomic E-state index is 10.9. The molecule has 5 heteroatoms. The summed E-state index contributed by atoms with van der Waals surface area (Å²) in [6.07, 6.45) is 6.12. The van der Waals surface area contributed by atoms with Crippen molar-refractivity contribution in [2.75, 3.05) is 0 Å². The number of hydrogen-bond donors (Lipinski definition) is 1. The van der Waals surface area contributed by atoms with Gasteiger partial charge in [0.15, 0.2) is 0 Å². The van der Waals surface area contributed by atoms with Gasteiger partial charge in [-0.2, -0.15) is 0 Å². The van der Waals surface area contributed by atoms with Gasteiger partial charge in [0.2, 0.25) is 0 Å². The number of carboxylic acid groups (broad SMARTS) is 1. The standard InChI is InChI=1S/C16H23N3O2/c1-12(2)7-5-3-4-6-10-19-15-9-8-13(16(20)21)11-14(15)17-18-19/h8-9,11-12H,3-7,10H2,1-2H3,(H,20,21). The lowest BCUT2D eigenvalue weighted by atomic mass is 10.0. The van der Waals surface area contributed by atoms with Gasteiger partial charge in [0.25, 0.3) is 0 Å². The number of nitrogens with zero attached hydrogens (tertiary/aromatic N) is 3. The normalized spacial score (nSPS) is 11.4. The van der Waals surface area contributed by atoms with Crippen LogP contribution >= 0.6 is 0 Å². The quantitative estimate of drug-likeness (QED) is 0.752. The van der Waals surface area contributed by atoms with Gasteiger partial charge in [-0.1, -0.05) is 44.7 Å². The van der Waals surface area contributed by atoms with Gasteiger partial charge >= 0.3 is 5.97 Å². The van der Waals surface area contributed by atoms with Crippen LogP contribution in [-0.4, -0.2) is 26.1 Å². The Labute approximate surface area is 125 Å². The largest absolute Gasteiger partial charge is 0.478 e. The molecule has 0 aliphatic heterocycles. The van der Waals surface area contributed by atoms with E-state index in [1.165, 1.54) is 25.7 Å². The lowest BCUT2D eigenvalue weighted by molar-refractivity contribution is 0.0697. The van der Waals surface area contributed by atoms with Gasteiger partial charge in [-0.05, 0) is 30.5 Å². The third-order valence-electron chi connectivity index (χ3n) is 3.66. The van der Waals surface area contributed by atoms with Crippen LogP contribution in [0, 0.1) is 5.92 Å². The second kappa shape index (κ2) is 7.20. The number of aryl methyl sites for hydroxylation is 1. The number of aromatic carboxylic acids is 1. The average molecular weight is 289 g/mol. The molecule has 2 aromatic rings. The fourth-order valence-corrected chi connectivity index (χ4v) is 2.44. The first-order valence-corrected chi connectivity index (χ1v) is 7.64. The van der Waals surface area contributed by atoms with Gasteiger partial charge in [0.1, 0.15) is 5.52 Å². The minimum Gasteiger partial charge on any atom is -0.478 e. The van der Waals surface area contributed by atoms with Crippen LogP contribution in [0.1, 0.15) is 56.3 Å². The zero-order valence-corrected chi connectivity index (χ0v) is 12.7. The zero-order valence-electron chi connectivity index (χ0n) is 12.7. The molecule has 114 valence electrons. The number of unbranched alkanes of at least 4 members (excludes halogenated alkanes) is 3. The fourth-order valence-electron chi connectivity index (χ4n) is 2.44. The van der Waals surface area contributed by atoms with E-state index < -0.39 is 5.97 Å². The van der Waals surface area contributed by atoms with Gasteiger partial charge in [-0.15, -0.1) is 5.10 Å². The number of fused-ring (bicyclic) bond motifs is 1. The molecule has 21 heavy (non-hydrogen) atoms. The van der Waals surface area contributed by atoms with Crippen LogP contribution in [0.5, 0.6) is 0 Å². The molecule has 2 rings (SSSR count). The molecule has 0 fully saturated rings. The Balaban J connectivity index is 1.87. The monoisotopic (exact) mass is 289 g/mol. The van der Waals surface area contributed by atoms with Gasteiger partial charge < -0.3 is 5.11 Å². The van der Waals surface area contributed by atoms with Gasteiger partial charge in [-0.25, -0.2) is 9.48 Å². The Bertz CT molecular complexity index is 605. The smallest absolute Gasteiger partial charge is 0.335 e. The first kappa shape index (κ1) is 15.5. The molecular formula is C16H23N3O2. The van der Waals surface area contributed by atoms with Crippen molar-refractivity contribution in [2.45, 2.75) is 52.5 Å². The van der Waals surface area contributed by atoms with Gasteiger partial charge in [-0.3, -0.25) is 0 Å². The number of carbonyl (C=O) groups is 1. The Kier molecular flexibility index (Phi) is 5.31. The summed E-state index contributed by atoms with van der Waals surface area (Å²) in [6, 6.07) is 4.97. The van der Waals surface area contributed by atoms with E-state index >= 15 is 0 Å². The molecule has 1 aromatic heterocycles. The summed E-state index contributed by atoms with van der Waals surface area (Å²) >= 11 is 0. The SMILES string of the molecule is CC(C)CCCCCCn1nnc2cc(C(=O)O)ccc21. The Morgan fingerprint density at radius 1 is 1.24 bits per heavy atom. The molecular weight excluding hydrogens is 266 g/mol. The van der Waals surface area contributed by atoms with Crippen molar-refractivity contribution in [3.8, 4) is 0 Å². The third kappa shape index (κ3) is 4.28. The maximum Gasteiger partial charge on any atom is 0.335 e. The van der Waals surface area contributed by atoms with Crippen molar-refractivity contribution >= 4 is 17.0 Å².